The molecule has 1 heterocycles. The predicted molar refractivity (Wildman–Crippen MR) is 70.5 cm³/mol. The zero-order valence-electron chi connectivity index (χ0n) is 10.7. The highest BCUT2D eigenvalue weighted by molar-refractivity contribution is 5.31. The molecule has 0 aromatic heterocycles. The molecule has 2 atom stereocenters. The molecule has 1 saturated carbocycles. The van der Waals surface area contributed by atoms with Crippen LogP contribution in [0.1, 0.15) is 37.3 Å². The average Bonchev–Trinajstić information content (AvgIpc) is 2.92. The summed E-state index contributed by atoms with van der Waals surface area (Å²) in [4.78, 5) is 2.63. The van der Waals surface area contributed by atoms with Crippen LogP contribution in [0, 0.1) is 5.92 Å². The first-order chi connectivity index (χ1) is 8.26. The Balaban J connectivity index is 1.88. The summed E-state index contributed by atoms with van der Waals surface area (Å²) in [7, 11) is 0. The molecule has 17 heavy (non-hydrogen) atoms. The van der Waals surface area contributed by atoms with Gasteiger partial charge in [0.25, 0.3) is 0 Å². The first-order valence-electron chi connectivity index (χ1n) is 6.78. The summed E-state index contributed by atoms with van der Waals surface area (Å²) < 4.78 is 0. The molecular weight excluding hydrogens is 208 g/mol. The molecule has 2 nitrogen and oxygen atoms in total. The molecule has 1 aliphatic heterocycles. The van der Waals surface area contributed by atoms with Crippen LogP contribution < -0.4 is 5.73 Å². The molecular formula is C15H22N2. The molecule has 2 unspecified atom stereocenters. The molecule has 0 radical (unpaired) electrons. The Bertz CT molecular complexity index is 390. The molecule has 92 valence electrons. The van der Waals surface area contributed by atoms with Crippen molar-refractivity contribution in [2.45, 2.75) is 44.8 Å². The first kappa shape index (κ1) is 11.2. The van der Waals surface area contributed by atoms with Crippen molar-refractivity contribution in [3.8, 4) is 0 Å². The van der Waals surface area contributed by atoms with E-state index in [-0.39, 0.29) is 5.54 Å². The second kappa shape index (κ2) is 4.11. The van der Waals surface area contributed by atoms with Crippen molar-refractivity contribution >= 4 is 0 Å². The van der Waals surface area contributed by atoms with Crippen molar-refractivity contribution in [2.24, 2.45) is 11.7 Å². The van der Waals surface area contributed by atoms with Gasteiger partial charge in [0.2, 0.25) is 0 Å². The lowest BCUT2D eigenvalue weighted by atomic mass is 9.86. The molecule has 2 heteroatoms. The SMILES string of the molecule is CC1CCCC1(CN)N1Cc2ccccc2C1. The van der Waals surface area contributed by atoms with E-state index >= 15 is 0 Å². The molecule has 1 aromatic rings. The maximum atomic E-state index is 6.13. The quantitative estimate of drug-likeness (QED) is 0.846. The third-order valence-electron chi connectivity index (χ3n) is 4.99. The number of nitrogens with zero attached hydrogens (tertiary/aromatic N) is 1. The zero-order chi connectivity index (χ0) is 11.9. The lowest BCUT2D eigenvalue weighted by molar-refractivity contribution is 0.0607. The Labute approximate surface area is 104 Å². The van der Waals surface area contributed by atoms with Crippen LogP contribution in [0.5, 0.6) is 0 Å². The van der Waals surface area contributed by atoms with E-state index in [4.69, 9.17) is 5.73 Å². The molecule has 1 aliphatic carbocycles. The van der Waals surface area contributed by atoms with Crippen molar-refractivity contribution in [2.75, 3.05) is 6.54 Å². The molecule has 1 fully saturated rings. The van der Waals surface area contributed by atoms with Gasteiger partial charge in [-0.25, -0.2) is 0 Å². The van der Waals surface area contributed by atoms with E-state index in [1.807, 2.05) is 0 Å². The van der Waals surface area contributed by atoms with Gasteiger partial charge >= 0.3 is 0 Å². The summed E-state index contributed by atoms with van der Waals surface area (Å²) in [6, 6.07) is 8.82. The lowest BCUT2D eigenvalue weighted by Gasteiger charge is -2.41. The van der Waals surface area contributed by atoms with Crippen LogP contribution in [0.15, 0.2) is 24.3 Å². The van der Waals surface area contributed by atoms with Crippen molar-refractivity contribution in [3.05, 3.63) is 35.4 Å². The zero-order valence-corrected chi connectivity index (χ0v) is 10.7. The summed E-state index contributed by atoms with van der Waals surface area (Å²) in [6.45, 7) is 5.38. The molecule has 2 aliphatic rings. The summed E-state index contributed by atoms with van der Waals surface area (Å²) >= 11 is 0. The van der Waals surface area contributed by atoms with E-state index in [0.29, 0.717) is 0 Å². The molecule has 0 bridgehead atoms. The number of benzene rings is 1. The number of rotatable bonds is 2. The van der Waals surface area contributed by atoms with Gasteiger partial charge in [-0.2, -0.15) is 0 Å². The smallest absolute Gasteiger partial charge is 0.0364 e. The summed E-state index contributed by atoms with van der Waals surface area (Å²) in [6.07, 6.45) is 3.95. The summed E-state index contributed by atoms with van der Waals surface area (Å²) in [5.41, 5.74) is 9.39. The maximum absolute atomic E-state index is 6.13. The molecule has 2 N–H and O–H groups in total. The highest BCUT2D eigenvalue weighted by Crippen LogP contribution is 2.43. The van der Waals surface area contributed by atoms with Gasteiger partial charge in [-0.15, -0.1) is 0 Å². The Morgan fingerprint density at radius 3 is 2.41 bits per heavy atom. The third-order valence-corrected chi connectivity index (χ3v) is 4.99. The van der Waals surface area contributed by atoms with E-state index in [9.17, 15) is 0 Å². The van der Waals surface area contributed by atoms with Crippen molar-refractivity contribution in [3.63, 3.8) is 0 Å². The van der Waals surface area contributed by atoms with Gasteiger partial charge in [-0.3, -0.25) is 4.90 Å². The Morgan fingerprint density at radius 2 is 1.94 bits per heavy atom. The number of fused-ring (bicyclic) bond motifs is 1. The van der Waals surface area contributed by atoms with Gasteiger partial charge in [0, 0.05) is 25.2 Å². The van der Waals surface area contributed by atoms with Gasteiger partial charge in [0.05, 0.1) is 0 Å². The lowest BCUT2D eigenvalue weighted by Crippen LogP contribution is -2.53. The highest BCUT2D eigenvalue weighted by Gasteiger charge is 2.45. The number of nitrogens with two attached hydrogens (primary N) is 1. The van der Waals surface area contributed by atoms with Crippen molar-refractivity contribution < 1.29 is 0 Å². The normalized spacial score (nSPS) is 32.9. The van der Waals surface area contributed by atoms with Gasteiger partial charge in [-0.05, 0) is 29.9 Å². The topological polar surface area (TPSA) is 29.3 Å². The molecule has 0 saturated heterocycles. The summed E-state index contributed by atoms with van der Waals surface area (Å²) in [5, 5.41) is 0. The van der Waals surface area contributed by atoms with Gasteiger partial charge in [0.1, 0.15) is 0 Å². The Morgan fingerprint density at radius 1 is 1.29 bits per heavy atom. The van der Waals surface area contributed by atoms with Crippen LogP contribution in [-0.4, -0.2) is 17.0 Å². The van der Waals surface area contributed by atoms with Crippen molar-refractivity contribution in [1.29, 1.82) is 0 Å². The maximum Gasteiger partial charge on any atom is 0.0364 e. The van der Waals surface area contributed by atoms with E-state index in [1.54, 1.807) is 0 Å². The van der Waals surface area contributed by atoms with Crippen LogP contribution >= 0.6 is 0 Å². The van der Waals surface area contributed by atoms with Crippen LogP contribution in [0.25, 0.3) is 0 Å². The van der Waals surface area contributed by atoms with Gasteiger partial charge < -0.3 is 5.73 Å². The fourth-order valence-electron chi connectivity index (χ4n) is 3.78. The second-order valence-electron chi connectivity index (χ2n) is 5.73. The van der Waals surface area contributed by atoms with E-state index in [0.717, 1.165) is 25.6 Å². The Kier molecular flexibility index (Phi) is 2.72. The fraction of sp³-hybridized carbons (Fsp3) is 0.600. The molecule has 0 amide bonds. The fourth-order valence-corrected chi connectivity index (χ4v) is 3.78. The van der Waals surface area contributed by atoms with E-state index < -0.39 is 0 Å². The third kappa shape index (κ3) is 1.62. The van der Waals surface area contributed by atoms with Crippen LogP contribution in [-0.2, 0) is 13.1 Å². The number of hydrogen-bond acceptors (Lipinski definition) is 2. The van der Waals surface area contributed by atoms with E-state index in [1.165, 1.54) is 30.4 Å². The first-order valence-corrected chi connectivity index (χ1v) is 6.78. The second-order valence-corrected chi connectivity index (χ2v) is 5.73. The van der Waals surface area contributed by atoms with Crippen LogP contribution in [0.3, 0.4) is 0 Å². The summed E-state index contributed by atoms with van der Waals surface area (Å²) in [5.74, 6) is 0.738. The average molecular weight is 230 g/mol. The molecule has 0 spiro atoms. The minimum atomic E-state index is 0.263. The minimum Gasteiger partial charge on any atom is -0.329 e. The Hall–Kier alpha value is -0.860. The molecule has 1 aromatic carbocycles. The van der Waals surface area contributed by atoms with Gasteiger partial charge in [0.15, 0.2) is 0 Å². The highest BCUT2D eigenvalue weighted by atomic mass is 15.2. The van der Waals surface area contributed by atoms with Crippen molar-refractivity contribution in [1.82, 2.24) is 4.90 Å². The predicted octanol–water partition coefficient (Wildman–Crippen LogP) is 2.52. The van der Waals surface area contributed by atoms with Gasteiger partial charge in [-0.1, -0.05) is 37.6 Å². The van der Waals surface area contributed by atoms with E-state index in [2.05, 4.69) is 36.1 Å². The largest absolute Gasteiger partial charge is 0.329 e. The number of hydrogen-bond donors (Lipinski definition) is 1. The standard InChI is InChI=1S/C15H22N2/c1-12-5-4-8-15(12,11-16)17-9-13-6-2-3-7-14(13)10-17/h2-3,6-7,12H,4-5,8-11,16H2,1H3. The van der Waals surface area contributed by atoms with Crippen LogP contribution in [0.2, 0.25) is 0 Å². The minimum absolute atomic E-state index is 0.263. The van der Waals surface area contributed by atoms with Crippen LogP contribution in [0.4, 0.5) is 0 Å². The monoisotopic (exact) mass is 230 g/mol. The molecule has 3 rings (SSSR count).